The van der Waals surface area contributed by atoms with E-state index in [-0.39, 0.29) is 11.3 Å². The van der Waals surface area contributed by atoms with Crippen molar-refractivity contribution in [2.24, 2.45) is 0 Å². The van der Waals surface area contributed by atoms with Crippen LogP contribution in [0, 0.1) is 0 Å². The van der Waals surface area contributed by atoms with Crippen molar-refractivity contribution in [3.8, 4) is 0 Å². The molecule has 88 valence electrons. The van der Waals surface area contributed by atoms with E-state index in [1.807, 2.05) is 30.3 Å². The predicted octanol–water partition coefficient (Wildman–Crippen LogP) is 1.65. The van der Waals surface area contributed by atoms with Gasteiger partial charge in [-0.15, -0.1) is 0 Å². The van der Waals surface area contributed by atoms with E-state index < -0.39 is 10.0 Å². The van der Waals surface area contributed by atoms with E-state index in [0.717, 1.165) is 6.42 Å². The Bertz CT molecular complexity index is 453. The minimum atomic E-state index is -3.04. The molecule has 2 rings (SSSR count). The molecule has 0 spiro atoms. The molecule has 0 N–H and O–H groups in total. The van der Waals surface area contributed by atoms with Crippen molar-refractivity contribution in [2.45, 2.75) is 31.6 Å². The summed E-state index contributed by atoms with van der Waals surface area (Å²) in [6, 6.07) is 10.2. The predicted molar refractivity (Wildman–Crippen MR) is 64.7 cm³/mol. The molecule has 1 aromatic carbocycles. The second-order valence-corrected chi connectivity index (χ2v) is 6.95. The summed E-state index contributed by atoms with van der Waals surface area (Å²) in [5.41, 5.74) is 1.20. The molecule has 16 heavy (non-hydrogen) atoms. The van der Waals surface area contributed by atoms with Gasteiger partial charge >= 0.3 is 0 Å². The Morgan fingerprint density at radius 1 is 1.31 bits per heavy atom. The SMILES string of the molecule is CC(C)S(=O)(=O)N1C[C@@H]1Cc1ccccc1. The first-order chi connectivity index (χ1) is 7.51. The van der Waals surface area contributed by atoms with Gasteiger partial charge in [0.1, 0.15) is 0 Å². The molecule has 1 aliphatic heterocycles. The van der Waals surface area contributed by atoms with Gasteiger partial charge in [-0.05, 0) is 25.8 Å². The maximum absolute atomic E-state index is 11.8. The highest BCUT2D eigenvalue weighted by Crippen LogP contribution is 2.28. The lowest BCUT2D eigenvalue weighted by Gasteiger charge is -2.09. The molecule has 0 aliphatic carbocycles. The van der Waals surface area contributed by atoms with Crippen molar-refractivity contribution in [1.82, 2.24) is 4.31 Å². The summed E-state index contributed by atoms with van der Waals surface area (Å²) in [4.78, 5) is 0. The first-order valence-electron chi connectivity index (χ1n) is 5.56. The summed E-state index contributed by atoms with van der Waals surface area (Å²) in [5, 5.41) is -0.312. The summed E-state index contributed by atoms with van der Waals surface area (Å²) in [5.74, 6) is 0. The zero-order valence-corrected chi connectivity index (χ0v) is 10.4. The smallest absolute Gasteiger partial charge is 0.212 e. The van der Waals surface area contributed by atoms with Gasteiger partial charge in [0.25, 0.3) is 0 Å². The summed E-state index contributed by atoms with van der Waals surface area (Å²) in [7, 11) is -3.04. The monoisotopic (exact) mass is 239 g/mol. The third-order valence-electron chi connectivity index (χ3n) is 2.90. The summed E-state index contributed by atoms with van der Waals surface area (Å²) in [6.07, 6.45) is 0.826. The Balaban J connectivity index is 1.99. The molecule has 0 aromatic heterocycles. The van der Waals surface area contributed by atoms with Gasteiger partial charge in [-0.2, -0.15) is 4.31 Å². The first kappa shape index (κ1) is 11.6. The average molecular weight is 239 g/mol. The number of hydrogen-bond donors (Lipinski definition) is 0. The highest BCUT2D eigenvalue weighted by Gasteiger charge is 2.44. The molecule has 4 heteroatoms. The van der Waals surface area contributed by atoms with Crippen LogP contribution in [0.15, 0.2) is 30.3 Å². The van der Waals surface area contributed by atoms with Crippen LogP contribution in [0.5, 0.6) is 0 Å². The largest absolute Gasteiger partial charge is 0.216 e. The van der Waals surface area contributed by atoms with E-state index in [2.05, 4.69) is 0 Å². The summed E-state index contributed by atoms with van der Waals surface area (Å²) >= 11 is 0. The molecule has 1 aliphatic rings. The third-order valence-corrected chi connectivity index (χ3v) is 5.19. The number of hydrogen-bond acceptors (Lipinski definition) is 2. The van der Waals surface area contributed by atoms with Crippen LogP contribution in [0.3, 0.4) is 0 Å². The van der Waals surface area contributed by atoms with Crippen molar-refractivity contribution in [2.75, 3.05) is 6.54 Å². The van der Waals surface area contributed by atoms with Crippen LogP contribution in [0.25, 0.3) is 0 Å². The van der Waals surface area contributed by atoms with Crippen LogP contribution in [0.4, 0.5) is 0 Å². The Kier molecular flexibility index (Phi) is 3.04. The lowest BCUT2D eigenvalue weighted by atomic mass is 10.1. The van der Waals surface area contributed by atoms with Crippen LogP contribution in [0.2, 0.25) is 0 Å². The van der Waals surface area contributed by atoms with Crippen molar-refractivity contribution < 1.29 is 8.42 Å². The Hall–Kier alpha value is -0.870. The number of benzene rings is 1. The molecule has 3 nitrogen and oxygen atoms in total. The van der Waals surface area contributed by atoms with Gasteiger partial charge in [0, 0.05) is 12.6 Å². The number of nitrogens with zero attached hydrogens (tertiary/aromatic N) is 1. The highest BCUT2D eigenvalue weighted by molar-refractivity contribution is 7.89. The normalized spacial score (nSPS) is 24.7. The lowest BCUT2D eigenvalue weighted by molar-refractivity contribution is 0.542. The van der Waals surface area contributed by atoms with Gasteiger partial charge in [-0.3, -0.25) is 0 Å². The van der Waals surface area contributed by atoms with Crippen LogP contribution >= 0.6 is 0 Å². The van der Waals surface area contributed by atoms with Crippen molar-refractivity contribution in [1.29, 1.82) is 0 Å². The highest BCUT2D eigenvalue weighted by atomic mass is 32.2. The fourth-order valence-electron chi connectivity index (χ4n) is 1.80. The van der Waals surface area contributed by atoms with Gasteiger partial charge in [0.05, 0.1) is 5.25 Å². The molecular weight excluding hydrogens is 222 g/mol. The maximum atomic E-state index is 11.8. The zero-order valence-electron chi connectivity index (χ0n) is 9.63. The van der Waals surface area contributed by atoms with E-state index in [0.29, 0.717) is 6.54 Å². The first-order valence-corrected chi connectivity index (χ1v) is 7.06. The molecule has 1 heterocycles. The molecule has 0 radical (unpaired) electrons. The average Bonchev–Trinajstić information content (AvgIpc) is 2.99. The molecule has 1 fully saturated rings. The molecular formula is C12H17NO2S. The minimum absolute atomic E-state index is 0.176. The molecule has 1 saturated heterocycles. The number of sulfonamides is 1. The molecule has 1 aromatic rings. The van der Waals surface area contributed by atoms with Gasteiger partial charge in [-0.1, -0.05) is 30.3 Å². The second-order valence-electron chi connectivity index (χ2n) is 4.51. The topological polar surface area (TPSA) is 37.1 Å². The van der Waals surface area contributed by atoms with Crippen molar-refractivity contribution in [3.63, 3.8) is 0 Å². The lowest BCUT2D eigenvalue weighted by Crippen LogP contribution is -2.24. The van der Waals surface area contributed by atoms with Gasteiger partial charge in [-0.25, -0.2) is 8.42 Å². The van der Waals surface area contributed by atoms with E-state index in [1.165, 1.54) is 5.56 Å². The van der Waals surface area contributed by atoms with E-state index >= 15 is 0 Å². The Morgan fingerprint density at radius 3 is 2.50 bits per heavy atom. The van der Waals surface area contributed by atoms with E-state index in [9.17, 15) is 8.42 Å². The second kappa shape index (κ2) is 4.18. The summed E-state index contributed by atoms with van der Waals surface area (Å²) < 4.78 is 25.2. The van der Waals surface area contributed by atoms with Crippen LogP contribution in [-0.4, -0.2) is 30.6 Å². The maximum Gasteiger partial charge on any atom is 0.216 e. The molecule has 2 atom stereocenters. The Labute approximate surface area is 97.1 Å². The summed E-state index contributed by atoms with van der Waals surface area (Å²) in [6.45, 7) is 4.13. The number of rotatable bonds is 4. The van der Waals surface area contributed by atoms with Crippen LogP contribution in [0.1, 0.15) is 19.4 Å². The Morgan fingerprint density at radius 2 is 1.94 bits per heavy atom. The molecule has 0 saturated carbocycles. The van der Waals surface area contributed by atoms with Crippen molar-refractivity contribution in [3.05, 3.63) is 35.9 Å². The molecule has 1 unspecified atom stereocenters. The zero-order chi connectivity index (χ0) is 11.8. The van der Waals surface area contributed by atoms with Crippen molar-refractivity contribution >= 4 is 10.0 Å². The van der Waals surface area contributed by atoms with Gasteiger partial charge in [0.15, 0.2) is 0 Å². The fourth-order valence-corrected chi connectivity index (χ4v) is 3.21. The van der Waals surface area contributed by atoms with Crippen LogP contribution in [-0.2, 0) is 16.4 Å². The third kappa shape index (κ3) is 2.28. The quantitative estimate of drug-likeness (QED) is 0.749. The van der Waals surface area contributed by atoms with Crippen LogP contribution < -0.4 is 0 Å². The van der Waals surface area contributed by atoms with E-state index in [1.54, 1.807) is 18.2 Å². The standard InChI is InChI=1S/C12H17NO2S/c1-10(2)16(14,15)13-9-12(13)8-11-6-4-3-5-7-11/h3-7,10,12H,8-9H2,1-2H3/t12-,13?/m0/s1. The molecule has 0 bridgehead atoms. The minimum Gasteiger partial charge on any atom is -0.212 e. The van der Waals surface area contributed by atoms with Gasteiger partial charge < -0.3 is 0 Å². The molecule has 0 amide bonds. The van der Waals surface area contributed by atoms with Gasteiger partial charge in [0.2, 0.25) is 10.0 Å². The van der Waals surface area contributed by atoms with E-state index in [4.69, 9.17) is 0 Å². The fraction of sp³-hybridized carbons (Fsp3) is 0.500.